The van der Waals surface area contributed by atoms with Crippen molar-refractivity contribution in [1.82, 2.24) is 24.7 Å². The monoisotopic (exact) mass is 756 g/mol. The Labute approximate surface area is 292 Å². The fourth-order valence-electron chi connectivity index (χ4n) is 6.38. The molecule has 2 heterocycles. The third-order valence-electron chi connectivity index (χ3n) is 9.29. The van der Waals surface area contributed by atoms with Crippen LogP contribution in [0.15, 0.2) is 18.6 Å². The molecule has 4 rings (SSSR count). The summed E-state index contributed by atoms with van der Waals surface area (Å²) in [6.07, 6.45) is -9.08. The van der Waals surface area contributed by atoms with Gasteiger partial charge in [-0.05, 0) is 92.1 Å². The molecular weight excluding hydrogens is 709 g/mol. The Hall–Kier alpha value is -2.95. The molecule has 0 radical (unpaired) electrons. The smallest absolute Gasteiger partial charge is 0.391 e. The van der Waals surface area contributed by atoms with Gasteiger partial charge < -0.3 is 24.5 Å². The van der Waals surface area contributed by atoms with Crippen LogP contribution in [0.4, 0.5) is 32.0 Å². The van der Waals surface area contributed by atoms with E-state index in [1.807, 2.05) is 0 Å². The number of nitrogen functional groups attached to an aromatic ring is 1. The van der Waals surface area contributed by atoms with Gasteiger partial charge in [0.05, 0.1) is 36.5 Å². The van der Waals surface area contributed by atoms with Gasteiger partial charge in [0.2, 0.25) is 7.44 Å². The van der Waals surface area contributed by atoms with Gasteiger partial charge in [-0.3, -0.25) is 14.2 Å². The topological polar surface area (TPSA) is 160 Å². The summed E-state index contributed by atoms with van der Waals surface area (Å²) in [7, 11) is -4.12. The molecule has 12 nitrogen and oxygen atoms in total. The van der Waals surface area contributed by atoms with Crippen molar-refractivity contribution >= 4 is 36.2 Å². The molecule has 2 aromatic heterocycles. The molecule has 288 valence electrons. The quantitative estimate of drug-likeness (QED) is 0.114. The van der Waals surface area contributed by atoms with E-state index in [0.29, 0.717) is 16.9 Å². The first-order chi connectivity index (χ1) is 23.5. The highest BCUT2D eigenvalue weighted by molar-refractivity contribution is 7.59. The van der Waals surface area contributed by atoms with E-state index in [9.17, 15) is 40.5 Å². The molecule has 0 saturated heterocycles. The van der Waals surface area contributed by atoms with Crippen molar-refractivity contribution in [3.05, 3.63) is 18.6 Å². The Balaban J connectivity index is 1.46. The number of esters is 2. The highest BCUT2D eigenvalue weighted by atomic mass is 31.2. The average Bonchev–Trinajstić information content (AvgIpc) is 3.43. The molecule has 0 bridgehead atoms. The minimum absolute atomic E-state index is 0.00965. The van der Waals surface area contributed by atoms with Crippen LogP contribution in [-0.2, 0) is 34.9 Å². The number of nitrogens with one attached hydrogen (secondary N) is 2. The second-order valence-electron chi connectivity index (χ2n) is 14.6. The number of fused-ring (bicyclic) bond motifs is 1. The number of imidazole rings is 1. The largest absolute Gasteiger partial charge is 0.461 e. The molecule has 0 amide bonds. The van der Waals surface area contributed by atoms with Gasteiger partial charge in [0.1, 0.15) is 35.2 Å². The van der Waals surface area contributed by atoms with Crippen LogP contribution in [0.5, 0.6) is 0 Å². The van der Waals surface area contributed by atoms with Crippen LogP contribution in [0.25, 0.3) is 11.2 Å². The predicted molar refractivity (Wildman–Crippen MR) is 175 cm³/mol. The molecule has 4 N–H and O–H groups in total. The van der Waals surface area contributed by atoms with Crippen LogP contribution in [0.1, 0.15) is 86.0 Å². The van der Waals surface area contributed by atoms with Crippen molar-refractivity contribution in [3.63, 3.8) is 0 Å². The molecule has 19 heteroatoms. The van der Waals surface area contributed by atoms with Gasteiger partial charge >= 0.3 is 24.3 Å². The number of alkyl halides is 6. The number of carbonyl (C=O) groups is 2. The summed E-state index contributed by atoms with van der Waals surface area (Å²) < 4.78 is 112. The van der Waals surface area contributed by atoms with E-state index in [1.165, 1.54) is 40.2 Å². The van der Waals surface area contributed by atoms with Crippen LogP contribution in [0.3, 0.4) is 0 Å². The second-order valence-corrected chi connectivity index (χ2v) is 16.8. The summed E-state index contributed by atoms with van der Waals surface area (Å²) >= 11 is 0. The van der Waals surface area contributed by atoms with E-state index >= 15 is 0 Å². The molecule has 2 aliphatic carbocycles. The first-order valence-corrected chi connectivity index (χ1v) is 18.8. The summed E-state index contributed by atoms with van der Waals surface area (Å²) in [4.78, 5) is 35.3. The number of nitrogens with zero attached hydrogens (tertiary/aromatic N) is 3. The first-order valence-electron chi connectivity index (χ1n) is 16.9. The third kappa shape index (κ3) is 10.8. The Morgan fingerprint density at radius 1 is 0.863 bits per heavy atom. The lowest BCUT2D eigenvalue weighted by molar-refractivity contribution is -0.190. The zero-order chi connectivity index (χ0) is 38.0. The van der Waals surface area contributed by atoms with Crippen molar-refractivity contribution in [2.24, 2.45) is 11.8 Å². The van der Waals surface area contributed by atoms with Gasteiger partial charge in [-0.15, -0.1) is 0 Å². The number of nitrogens with two attached hydrogens (primary N) is 1. The van der Waals surface area contributed by atoms with E-state index in [-0.39, 0.29) is 57.9 Å². The van der Waals surface area contributed by atoms with Crippen LogP contribution in [0, 0.1) is 11.8 Å². The number of rotatable bonds is 13. The van der Waals surface area contributed by atoms with Crippen molar-refractivity contribution in [2.45, 2.75) is 134 Å². The Kier molecular flexibility index (Phi) is 12.5. The number of halogens is 6. The normalized spacial score (nSPS) is 24.1. The van der Waals surface area contributed by atoms with Crippen molar-refractivity contribution < 1.29 is 54.7 Å². The average molecular weight is 757 g/mol. The van der Waals surface area contributed by atoms with Crippen LogP contribution in [-0.4, -0.2) is 74.6 Å². The standard InChI is InChI=1S/C32H47F6N6O6P/c1-19(16-44-17-41-25-24(39)14-15-40-26(25)44)48-18-51(47,42-29(2,3)27(45)49-22-10-6-20(7-11-22)31(33,34)35)43-30(4,5)28(46)50-23-12-8-21(9-13-23)32(36,37)38/h14-15,17,19-23H,6-13,16,18H2,1-5H3,(H2,39,40)(H2,42,43,47)/t19-,20?,21?,22?,23?,51?/m1/s1. The van der Waals surface area contributed by atoms with Crippen LogP contribution in [0.2, 0.25) is 0 Å². The van der Waals surface area contributed by atoms with E-state index in [0.717, 1.165) is 0 Å². The Bertz CT molecular complexity index is 1500. The minimum Gasteiger partial charge on any atom is -0.461 e. The zero-order valence-electron chi connectivity index (χ0n) is 29.3. The first kappa shape index (κ1) is 40.8. The Morgan fingerprint density at radius 2 is 1.31 bits per heavy atom. The molecule has 2 saturated carbocycles. The maximum atomic E-state index is 14.6. The molecule has 0 spiro atoms. The fraction of sp³-hybridized carbons (Fsp3) is 0.750. The molecule has 0 aromatic carbocycles. The van der Waals surface area contributed by atoms with Crippen molar-refractivity contribution in [3.8, 4) is 0 Å². The third-order valence-corrected chi connectivity index (χ3v) is 11.6. The van der Waals surface area contributed by atoms with E-state index < -0.39 is 79.3 Å². The number of pyridine rings is 1. The van der Waals surface area contributed by atoms with E-state index in [4.69, 9.17) is 19.9 Å². The summed E-state index contributed by atoms with van der Waals surface area (Å²) in [5.74, 6) is -4.69. The fourth-order valence-corrected chi connectivity index (χ4v) is 9.02. The van der Waals surface area contributed by atoms with Crippen molar-refractivity contribution in [1.29, 1.82) is 0 Å². The van der Waals surface area contributed by atoms with Crippen LogP contribution >= 0.6 is 7.44 Å². The predicted octanol–water partition coefficient (Wildman–Crippen LogP) is 6.63. The molecule has 0 unspecified atom stereocenters. The number of aromatic nitrogens is 3. The highest BCUT2D eigenvalue weighted by Crippen LogP contribution is 2.44. The molecule has 1 atom stereocenters. The number of hydrogen-bond donors (Lipinski definition) is 3. The Morgan fingerprint density at radius 3 is 1.75 bits per heavy atom. The SMILES string of the molecule is C[C@H](Cn1cnc2c(N)ccnc21)OCP(=O)(NC(C)(C)C(=O)OC1CCC(C(F)(F)F)CC1)NC(C)(C)C(=O)OC1CCC(C(F)(F)F)CC1. The van der Waals surface area contributed by atoms with Gasteiger partial charge in [0.15, 0.2) is 5.65 Å². The lowest BCUT2D eigenvalue weighted by Crippen LogP contribution is -2.55. The zero-order valence-corrected chi connectivity index (χ0v) is 30.2. The second kappa shape index (κ2) is 15.6. The minimum atomic E-state index is -4.34. The summed E-state index contributed by atoms with van der Waals surface area (Å²) in [6.45, 7) is 7.42. The number of carbonyl (C=O) groups excluding carboxylic acids is 2. The number of ether oxygens (including phenoxy) is 3. The van der Waals surface area contributed by atoms with Gasteiger partial charge in [0.25, 0.3) is 0 Å². The lowest BCUT2D eigenvalue weighted by atomic mass is 9.87. The maximum absolute atomic E-state index is 14.6. The van der Waals surface area contributed by atoms with E-state index in [1.54, 1.807) is 17.6 Å². The molecule has 2 fully saturated rings. The summed E-state index contributed by atoms with van der Waals surface area (Å²) in [5.41, 5.74) is 4.01. The summed E-state index contributed by atoms with van der Waals surface area (Å²) in [5, 5.41) is 5.53. The van der Waals surface area contributed by atoms with Gasteiger partial charge in [0, 0.05) is 6.20 Å². The molecule has 2 aromatic rings. The number of anilines is 1. The molecular formula is C32H47F6N6O6P. The number of hydrogen-bond acceptors (Lipinski definition) is 9. The summed E-state index contributed by atoms with van der Waals surface area (Å²) in [6, 6.07) is 1.60. The van der Waals surface area contributed by atoms with Gasteiger partial charge in [-0.25, -0.2) is 20.1 Å². The van der Waals surface area contributed by atoms with Gasteiger partial charge in [-0.2, -0.15) is 26.3 Å². The lowest BCUT2D eigenvalue weighted by Gasteiger charge is -2.37. The van der Waals surface area contributed by atoms with Crippen molar-refractivity contribution in [2.75, 3.05) is 12.1 Å². The molecule has 51 heavy (non-hydrogen) atoms. The highest BCUT2D eigenvalue weighted by Gasteiger charge is 2.47. The van der Waals surface area contributed by atoms with E-state index in [2.05, 4.69) is 20.1 Å². The molecule has 0 aliphatic heterocycles. The van der Waals surface area contributed by atoms with Gasteiger partial charge in [-0.1, -0.05) is 0 Å². The maximum Gasteiger partial charge on any atom is 0.391 e. The molecule has 2 aliphatic rings. The van der Waals surface area contributed by atoms with Crippen LogP contribution < -0.4 is 15.9 Å².